The van der Waals surface area contributed by atoms with Gasteiger partial charge in [0, 0.05) is 13.1 Å². The second-order valence-corrected chi connectivity index (χ2v) is 7.38. The third kappa shape index (κ3) is 2.08. The maximum atomic E-state index is 12.5. The second-order valence-electron chi connectivity index (χ2n) is 5.44. The Balaban J connectivity index is 1.83. The summed E-state index contributed by atoms with van der Waals surface area (Å²) in [6.45, 7) is 1.45. The van der Waals surface area contributed by atoms with E-state index in [0.29, 0.717) is 16.7 Å². The first-order chi connectivity index (χ1) is 8.68. The van der Waals surface area contributed by atoms with Gasteiger partial charge in [0.1, 0.15) is 0 Å². The summed E-state index contributed by atoms with van der Waals surface area (Å²) in [4.78, 5) is 0.434. The van der Waals surface area contributed by atoms with Gasteiger partial charge >= 0.3 is 0 Å². The lowest BCUT2D eigenvalue weighted by atomic mass is 9.82. The smallest absolute Gasteiger partial charge is 0.207 e. The van der Waals surface area contributed by atoms with Crippen LogP contribution < -0.4 is 0 Å². The Hall–Kier alpha value is -0.870. The fourth-order valence-electron chi connectivity index (χ4n) is 3.30. The highest BCUT2D eigenvalue weighted by atomic mass is 32.2. The van der Waals surface area contributed by atoms with Crippen molar-refractivity contribution >= 4 is 10.0 Å². The molecule has 1 aromatic rings. The first-order valence-electron chi connectivity index (χ1n) is 6.73. The van der Waals surface area contributed by atoms with Crippen molar-refractivity contribution in [1.82, 2.24) is 4.31 Å². The van der Waals surface area contributed by atoms with Gasteiger partial charge < -0.3 is 0 Å². The molecule has 2 unspecified atom stereocenters. The van der Waals surface area contributed by atoms with Crippen molar-refractivity contribution in [3.05, 3.63) is 30.3 Å². The molecule has 1 aliphatic carbocycles. The van der Waals surface area contributed by atoms with Crippen LogP contribution in [-0.2, 0) is 10.0 Å². The predicted octanol–water partition coefficient (Wildman–Crippen LogP) is 2.50. The van der Waals surface area contributed by atoms with Gasteiger partial charge in [0.2, 0.25) is 10.0 Å². The maximum Gasteiger partial charge on any atom is 0.243 e. The molecule has 98 valence electrons. The Labute approximate surface area is 109 Å². The normalized spacial score (nSPS) is 29.1. The summed E-state index contributed by atoms with van der Waals surface area (Å²) in [5.74, 6) is 1.19. The monoisotopic (exact) mass is 265 g/mol. The van der Waals surface area contributed by atoms with Crippen LogP contribution in [0.15, 0.2) is 35.2 Å². The Morgan fingerprint density at radius 2 is 1.50 bits per heavy atom. The van der Waals surface area contributed by atoms with E-state index in [4.69, 9.17) is 0 Å². The lowest BCUT2D eigenvalue weighted by Crippen LogP contribution is -2.29. The molecule has 0 aromatic heterocycles. The standard InChI is InChI=1S/C14H19NO2S/c16-18(17,14-8-2-1-3-9-14)15-10-12-6-4-5-7-13(12)11-15/h1-3,8-9,12-13H,4-7,10-11H2. The van der Waals surface area contributed by atoms with Crippen LogP contribution in [0.4, 0.5) is 0 Å². The molecule has 1 saturated carbocycles. The molecule has 1 aliphatic heterocycles. The third-order valence-electron chi connectivity index (χ3n) is 4.32. The van der Waals surface area contributed by atoms with E-state index < -0.39 is 10.0 Å². The summed E-state index contributed by atoms with van der Waals surface area (Å²) < 4.78 is 26.7. The molecule has 0 bridgehead atoms. The zero-order valence-electron chi connectivity index (χ0n) is 10.5. The van der Waals surface area contributed by atoms with Gasteiger partial charge in [-0.3, -0.25) is 0 Å². The highest BCUT2D eigenvalue weighted by Crippen LogP contribution is 2.38. The van der Waals surface area contributed by atoms with E-state index >= 15 is 0 Å². The second kappa shape index (κ2) is 4.67. The molecule has 0 radical (unpaired) electrons. The van der Waals surface area contributed by atoms with Crippen LogP contribution in [-0.4, -0.2) is 25.8 Å². The van der Waals surface area contributed by atoms with E-state index in [0.717, 1.165) is 13.1 Å². The number of rotatable bonds is 2. The number of fused-ring (bicyclic) bond motifs is 1. The molecule has 0 amide bonds. The molecule has 2 fully saturated rings. The van der Waals surface area contributed by atoms with E-state index in [-0.39, 0.29) is 0 Å². The average molecular weight is 265 g/mol. The predicted molar refractivity (Wildman–Crippen MR) is 70.6 cm³/mol. The summed E-state index contributed by atoms with van der Waals surface area (Å²) in [5, 5.41) is 0. The fourth-order valence-corrected chi connectivity index (χ4v) is 4.88. The van der Waals surface area contributed by atoms with Crippen LogP contribution in [0.2, 0.25) is 0 Å². The number of benzene rings is 1. The van der Waals surface area contributed by atoms with Crippen molar-refractivity contribution < 1.29 is 8.42 Å². The number of sulfonamides is 1. The summed E-state index contributed by atoms with van der Waals surface area (Å²) in [6.07, 6.45) is 4.93. The molecule has 1 aromatic carbocycles. The van der Waals surface area contributed by atoms with Crippen LogP contribution in [0.1, 0.15) is 25.7 Å². The van der Waals surface area contributed by atoms with Gasteiger partial charge in [0.05, 0.1) is 4.90 Å². The van der Waals surface area contributed by atoms with Crippen molar-refractivity contribution in [2.45, 2.75) is 30.6 Å². The summed E-state index contributed by atoms with van der Waals surface area (Å²) >= 11 is 0. The molecule has 18 heavy (non-hydrogen) atoms. The molecule has 2 atom stereocenters. The van der Waals surface area contributed by atoms with Gasteiger partial charge in [-0.1, -0.05) is 31.0 Å². The Morgan fingerprint density at radius 1 is 0.944 bits per heavy atom. The molecular weight excluding hydrogens is 246 g/mol. The van der Waals surface area contributed by atoms with Crippen LogP contribution in [0.25, 0.3) is 0 Å². The highest BCUT2D eigenvalue weighted by molar-refractivity contribution is 7.89. The molecule has 2 aliphatic rings. The van der Waals surface area contributed by atoms with Crippen molar-refractivity contribution in [3.8, 4) is 0 Å². The van der Waals surface area contributed by atoms with E-state index in [1.165, 1.54) is 25.7 Å². The topological polar surface area (TPSA) is 37.4 Å². The van der Waals surface area contributed by atoms with Gasteiger partial charge in [-0.25, -0.2) is 8.42 Å². The third-order valence-corrected chi connectivity index (χ3v) is 6.17. The first kappa shape index (κ1) is 12.2. The summed E-state index contributed by atoms with van der Waals surface area (Å²) in [5.41, 5.74) is 0. The fraction of sp³-hybridized carbons (Fsp3) is 0.571. The van der Waals surface area contributed by atoms with Crippen LogP contribution in [0, 0.1) is 11.8 Å². The van der Waals surface area contributed by atoms with Crippen LogP contribution in [0.5, 0.6) is 0 Å². The van der Waals surface area contributed by atoms with Crippen molar-refractivity contribution in [3.63, 3.8) is 0 Å². The number of nitrogens with zero attached hydrogens (tertiary/aromatic N) is 1. The van der Waals surface area contributed by atoms with Gasteiger partial charge in [0.15, 0.2) is 0 Å². The molecule has 1 heterocycles. The van der Waals surface area contributed by atoms with Gasteiger partial charge in [-0.15, -0.1) is 0 Å². The molecule has 3 rings (SSSR count). The van der Waals surface area contributed by atoms with E-state index in [2.05, 4.69) is 0 Å². The summed E-state index contributed by atoms with van der Waals surface area (Å²) in [7, 11) is -3.26. The van der Waals surface area contributed by atoms with Crippen molar-refractivity contribution in [2.75, 3.05) is 13.1 Å². The molecule has 4 heteroatoms. The lowest BCUT2D eigenvalue weighted by molar-refractivity contribution is 0.299. The molecule has 3 nitrogen and oxygen atoms in total. The minimum atomic E-state index is -3.26. The zero-order valence-corrected chi connectivity index (χ0v) is 11.3. The summed E-state index contributed by atoms with van der Waals surface area (Å²) in [6, 6.07) is 8.81. The van der Waals surface area contributed by atoms with Gasteiger partial charge in [-0.05, 0) is 36.8 Å². The quantitative estimate of drug-likeness (QED) is 0.824. The molecule has 0 spiro atoms. The minimum Gasteiger partial charge on any atom is -0.207 e. The molecule has 0 N–H and O–H groups in total. The highest BCUT2D eigenvalue weighted by Gasteiger charge is 2.39. The lowest BCUT2D eigenvalue weighted by Gasteiger charge is -2.22. The van der Waals surface area contributed by atoms with Crippen LogP contribution >= 0.6 is 0 Å². The number of hydrogen-bond acceptors (Lipinski definition) is 2. The Kier molecular flexibility index (Phi) is 3.16. The number of hydrogen-bond donors (Lipinski definition) is 0. The SMILES string of the molecule is O=S(=O)(c1ccccc1)N1CC2CCCCC2C1. The Bertz CT molecular complexity index is 498. The molecular formula is C14H19NO2S. The van der Waals surface area contributed by atoms with E-state index in [9.17, 15) is 8.42 Å². The first-order valence-corrected chi connectivity index (χ1v) is 8.17. The maximum absolute atomic E-state index is 12.5. The average Bonchev–Trinajstić information content (AvgIpc) is 2.84. The van der Waals surface area contributed by atoms with Crippen molar-refractivity contribution in [1.29, 1.82) is 0 Å². The van der Waals surface area contributed by atoms with Gasteiger partial charge in [0.25, 0.3) is 0 Å². The van der Waals surface area contributed by atoms with E-state index in [1.807, 2.05) is 6.07 Å². The van der Waals surface area contributed by atoms with Crippen molar-refractivity contribution in [2.24, 2.45) is 11.8 Å². The van der Waals surface area contributed by atoms with E-state index in [1.54, 1.807) is 28.6 Å². The zero-order chi connectivity index (χ0) is 12.6. The largest absolute Gasteiger partial charge is 0.243 e. The Morgan fingerprint density at radius 3 is 2.06 bits per heavy atom. The minimum absolute atomic E-state index is 0.434. The van der Waals surface area contributed by atoms with Gasteiger partial charge in [-0.2, -0.15) is 4.31 Å². The molecule has 1 saturated heterocycles. The van der Waals surface area contributed by atoms with Crippen LogP contribution in [0.3, 0.4) is 0 Å².